The van der Waals surface area contributed by atoms with Crippen molar-refractivity contribution in [2.45, 2.75) is 6.92 Å². The molecule has 3 rings (SSSR count). The van der Waals surface area contributed by atoms with Crippen LogP contribution in [0, 0.1) is 6.92 Å². The first kappa shape index (κ1) is 11.6. The summed E-state index contributed by atoms with van der Waals surface area (Å²) in [5.74, 6) is 0.965. The Labute approximate surface area is 116 Å². The summed E-state index contributed by atoms with van der Waals surface area (Å²) in [6.07, 6.45) is 0. The van der Waals surface area contributed by atoms with Crippen LogP contribution in [0.2, 0.25) is 0 Å². The zero-order valence-corrected chi connectivity index (χ0v) is 11.9. The number of phenolic OH excluding ortho intramolecular Hbond substituents is 1. The molecular formula is C13H9BrN2OS. The van der Waals surface area contributed by atoms with Gasteiger partial charge in [0.1, 0.15) is 11.6 Å². The lowest BCUT2D eigenvalue weighted by Gasteiger charge is -2.04. The molecule has 2 aromatic heterocycles. The van der Waals surface area contributed by atoms with Crippen molar-refractivity contribution in [1.82, 2.24) is 9.97 Å². The fourth-order valence-electron chi connectivity index (χ4n) is 1.85. The molecule has 0 saturated heterocycles. The van der Waals surface area contributed by atoms with Gasteiger partial charge in [-0.05, 0) is 35.0 Å². The van der Waals surface area contributed by atoms with Crippen molar-refractivity contribution >= 4 is 37.5 Å². The molecule has 3 nitrogen and oxygen atoms in total. The topological polar surface area (TPSA) is 46.0 Å². The van der Waals surface area contributed by atoms with E-state index in [9.17, 15) is 5.11 Å². The van der Waals surface area contributed by atoms with Crippen molar-refractivity contribution in [2.75, 3.05) is 0 Å². The number of rotatable bonds is 1. The van der Waals surface area contributed by atoms with Crippen LogP contribution >= 0.6 is 27.3 Å². The number of aromatic hydroxyl groups is 1. The van der Waals surface area contributed by atoms with Gasteiger partial charge < -0.3 is 5.11 Å². The van der Waals surface area contributed by atoms with Gasteiger partial charge in [-0.2, -0.15) is 0 Å². The van der Waals surface area contributed by atoms with Gasteiger partial charge in [-0.3, -0.25) is 0 Å². The third kappa shape index (κ3) is 1.89. The molecule has 0 aliphatic heterocycles. The maximum Gasteiger partial charge on any atom is 0.126 e. The summed E-state index contributed by atoms with van der Waals surface area (Å²) in [7, 11) is 0. The molecule has 3 aromatic rings. The number of nitrogens with zero attached hydrogens (tertiary/aromatic N) is 2. The molecule has 2 heterocycles. The van der Waals surface area contributed by atoms with Gasteiger partial charge in [-0.15, -0.1) is 11.3 Å². The van der Waals surface area contributed by atoms with E-state index in [0.29, 0.717) is 0 Å². The van der Waals surface area contributed by atoms with Crippen molar-refractivity contribution in [3.8, 4) is 17.0 Å². The second-order valence-electron chi connectivity index (χ2n) is 3.93. The Morgan fingerprint density at radius 3 is 2.89 bits per heavy atom. The summed E-state index contributed by atoms with van der Waals surface area (Å²) in [6, 6.07) is 7.12. The van der Waals surface area contributed by atoms with Crippen molar-refractivity contribution in [1.29, 1.82) is 0 Å². The van der Waals surface area contributed by atoms with Crippen LogP contribution in [0.1, 0.15) is 5.82 Å². The number of hydrogen-bond acceptors (Lipinski definition) is 4. The number of hydrogen-bond donors (Lipinski definition) is 1. The van der Waals surface area contributed by atoms with E-state index in [1.165, 1.54) is 0 Å². The highest BCUT2D eigenvalue weighted by atomic mass is 79.9. The van der Waals surface area contributed by atoms with Gasteiger partial charge in [0.15, 0.2) is 0 Å². The number of aryl methyl sites for hydroxylation is 1. The van der Waals surface area contributed by atoms with E-state index in [-0.39, 0.29) is 5.75 Å². The Hall–Kier alpha value is -1.46. The lowest BCUT2D eigenvalue weighted by atomic mass is 10.1. The molecule has 1 N–H and O–H groups in total. The maximum atomic E-state index is 9.57. The monoisotopic (exact) mass is 320 g/mol. The minimum absolute atomic E-state index is 0.243. The van der Waals surface area contributed by atoms with Crippen molar-refractivity contribution in [3.63, 3.8) is 0 Å². The Bertz CT molecular complexity index is 739. The highest BCUT2D eigenvalue weighted by molar-refractivity contribution is 9.10. The van der Waals surface area contributed by atoms with Crippen LogP contribution in [-0.2, 0) is 0 Å². The Kier molecular flexibility index (Phi) is 2.80. The van der Waals surface area contributed by atoms with E-state index in [2.05, 4.69) is 25.9 Å². The smallest absolute Gasteiger partial charge is 0.126 e. The van der Waals surface area contributed by atoms with Crippen LogP contribution in [-0.4, -0.2) is 15.1 Å². The molecule has 18 heavy (non-hydrogen) atoms. The van der Waals surface area contributed by atoms with Crippen LogP contribution in [0.25, 0.3) is 21.5 Å². The van der Waals surface area contributed by atoms with Crippen LogP contribution in [0.5, 0.6) is 5.75 Å². The van der Waals surface area contributed by atoms with E-state index in [0.717, 1.165) is 31.8 Å². The van der Waals surface area contributed by atoms with Crippen molar-refractivity contribution in [2.24, 2.45) is 0 Å². The fraction of sp³-hybridized carbons (Fsp3) is 0.0769. The van der Waals surface area contributed by atoms with Crippen molar-refractivity contribution < 1.29 is 5.11 Å². The second kappa shape index (κ2) is 4.33. The van der Waals surface area contributed by atoms with Gasteiger partial charge in [0.25, 0.3) is 0 Å². The number of phenols is 1. The lowest BCUT2D eigenvalue weighted by molar-refractivity contribution is 0.475. The molecule has 0 radical (unpaired) electrons. The third-order valence-electron chi connectivity index (χ3n) is 2.60. The Morgan fingerprint density at radius 2 is 2.11 bits per heavy atom. The standard InChI is InChI=1S/C13H9BrN2OS/c1-7-15-11(8-3-2-4-9(17)5-8)13-12(16-7)10(14)6-18-13/h2-6,17H,1H3. The van der Waals surface area contributed by atoms with E-state index in [1.54, 1.807) is 23.5 Å². The molecule has 0 bridgehead atoms. The molecule has 0 spiro atoms. The number of thiophene rings is 1. The number of benzene rings is 1. The number of halogens is 1. The van der Waals surface area contributed by atoms with Crippen LogP contribution < -0.4 is 0 Å². The first-order valence-electron chi connectivity index (χ1n) is 5.36. The Balaban J connectivity index is 2.35. The van der Waals surface area contributed by atoms with Gasteiger partial charge in [0, 0.05) is 10.9 Å². The molecule has 0 unspecified atom stereocenters. The van der Waals surface area contributed by atoms with Crippen molar-refractivity contribution in [3.05, 3.63) is 39.9 Å². The van der Waals surface area contributed by atoms with E-state index >= 15 is 0 Å². The summed E-state index contributed by atoms with van der Waals surface area (Å²) >= 11 is 5.09. The first-order valence-corrected chi connectivity index (χ1v) is 7.03. The van der Waals surface area contributed by atoms with Gasteiger partial charge in [0.05, 0.1) is 20.4 Å². The predicted molar refractivity (Wildman–Crippen MR) is 77.0 cm³/mol. The summed E-state index contributed by atoms with van der Waals surface area (Å²) in [6.45, 7) is 1.87. The first-order chi connectivity index (χ1) is 8.65. The summed E-state index contributed by atoms with van der Waals surface area (Å²) in [5.41, 5.74) is 2.69. The van der Waals surface area contributed by atoms with E-state index in [4.69, 9.17) is 0 Å². The lowest BCUT2D eigenvalue weighted by Crippen LogP contribution is -1.91. The quantitative estimate of drug-likeness (QED) is 0.733. The second-order valence-corrected chi connectivity index (χ2v) is 5.67. The van der Waals surface area contributed by atoms with E-state index < -0.39 is 0 Å². The molecular weight excluding hydrogens is 312 g/mol. The maximum absolute atomic E-state index is 9.57. The van der Waals surface area contributed by atoms with Gasteiger partial charge in [0.2, 0.25) is 0 Å². The molecule has 0 atom stereocenters. The molecule has 1 aromatic carbocycles. The normalized spacial score (nSPS) is 11.0. The van der Waals surface area contributed by atoms with E-state index in [1.807, 2.05) is 24.4 Å². The molecule has 5 heteroatoms. The van der Waals surface area contributed by atoms with Gasteiger partial charge in [-0.25, -0.2) is 9.97 Å². The van der Waals surface area contributed by atoms with Gasteiger partial charge >= 0.3 is 0 Å². The summed E-state index contributed by atoms with van der Waals surface area (Å²) in [5, 5.41) is 11.6. The molecule has 0 saturated carbocycles. The molecule has 0 aliphatic rings. The predicted octanol–water partition coefficient (Wildman–Crippen LogP) is 4.13. The Morgan fingerprint density at radius 1 is 1.28 bits per heavy atom. The molecule has 0 fully saturated rings. The molecule has 0 aliphatic carbocycles. The molecule has 90 valence electrons. The number of aromatic nitrogens is 2. The van der Waals surface area contributed by atoms with Crippen LogP contribution in [0.4, 0.5) is 0 Å². The fourth-order valence-corrected chi connectivity index (χ4v) is 3.42. The van der Waals surface area contributed by atoms with Crippen LogP contribution in [0.3, 0.4) is 0 Å². The largest absolute Gasteiger partial charge is 0.508 e. The highest BCUT2D eigenvalue weighted by Crippen LogP contribution is 2.35. The highest BCUT2D eigenvalue weighted by Gasteiger charge is 2.12. The molecule has 0 amide bonds. The zero-order valence-electron chi connectivity index (χ0n) is 9.51. The SMILES string of the molecule is Cc1nc(-c2cccc(O)c2)c2scc(Br)c2n1. The zero-order chi connectivity index (χ0) is 12.7. The van der Waals surface area contributed by atoms with Gasteiger partial charge in [-0.1, -0.05) is 12.1 Å². The minimum atomic E-state index is 0.243. The average Bonchev–Trinajstić information content (AvgIpc) is 2.70. The van der Waals surface area contributed by atoms with Crippen LogP contribution in [0.15, 0.2) is 34.1 Å². The number of fused-ring (bicyclic) bond motifs is 1. The third-order valence-corrected chi connectivity index (χ3v) is 4.49. The minimum Gasteiger partial charge on any atom is -0.508 e. The summed E-state index contributed by atoms with van der Waals surface area (Å²) in [4.78, 5) is 8.93. The average molecular weight is 321 g/mol. The summed E-state index contributed by atoms with van der Waals surface area (Å²) < 4.78 is 2.01.